The van der Waals surface area contributed by atoms with Crippen LogP contribution in [0, 0.1) is 17.8 Å². The summed E-state index contributed by atoms with van der Waals surface area (Å²) in [4.78, 5) is 52.9. The topological polar surface area (TPSA) is 104 Å². The summed E-state index contributed by atoms with van der Waals surface area (Å²) in [7, 11) is 2.76. The van der Waals surface area contributed by atoms with Crippen molar-refractivity contribution in [2.45, 2.75) is 35.1 Å². The van der Waals surface area contributed by atoms with E-state index in [1.807, 2.05) is 36.4 Å². The number of imide groups is 2. The molecule has 1 saturated carbocycles. The van der Waals surface area contributed by atoms with Crippen LogP contribution in [-0.2, 0) is 25.7 Å². The SMILES string of the molecule is COc1ccc(C2C3=CCC4C(=O)N(Cc5ccccc5)C(=O)C4C3CC3(Cl)C(=O)N(C)C(=O)C23Cl)cc1O. The average Bonchev–Trinajstić information content (AvgIpc) is 3.24. The van der Waals surface area contributed by atoms with Crippen LogP contribution in [0.4, 0.5) is 0 Å². The number of carbonyl (C=O) groups excluding carboxylic acids is 4. The van der Waals surface area contributed by atoms with Gasteiger partial charge in [0.15, 0.2) is 21.2 Å². The largest absolute Gasteiger partial charge is 0.504 e. The van der Waals surface area contributed by atoms with E-state index in [9.17, 15) is 24.3 Å². The summed E-state index contributed by atoms with van der Waals surface area (Å²) in [6.45, 7) is 0.148. The molecule has 10 heteroatoms. The number of hydrogen-bond donors (Lipinski definition) is 1. The smallest absolute Gasteiger partial charge is 0.253 e. The number of phenolic OH excluding ortho intramolecular Hbond substituents is 1. The van der Waals surface area contributed by atoms with Gasteiger partial charge in [-0.1, -0.05) is 48.0 Å². The summed E-state index contributed by atoms with van der Waals surface area (Å²) in [6.07, 6.45) is 2.08. The van der Waals surface area contributed by atoms with Gasteiger partial charge in [0.2, 0.25) is 11.8 Å². The van der Waals surface area contributed by atoms with Gasteiger partial charge in [0.25, 0.3) is 11.8 Å². The summed E-state index contributed by atoms with van der Waals surface area (Å²) in [5, 5.41) is 10.6. The molecule has 2 heterocycles. The molecule has 2 aliphatic carbocycles. The second-order valence-corrected chi connectivity index (χ2v) is 11.9. The fourth-order valence-electron chi connectivity index (χ4n) is 6.99. The number of ether oxygens (including phenoxy) is 1. The van der Waals surface area contributed by atoms with Crippen LogP contribution in [0.2, 0.25) is 0 Å². The zero-order valence-corrected chi connectivity index (χ0v) is 22.8. The molecule has 6 rings (SSSR count). The van der Waals surface area contributed by atoms with Gasteiger partial charge in [-0.3, -0.25) is 29.0 Å². The van der Waals surface area contributed by atoms with E-state index in [1.54, 1.807) is 12.1 Å². The Morgan fingerprint density at radius 3 is 2.38 bits per heavy atom. The van der Waals surface area contributed by atoms with Crippen LogP contribution in [0.25, 0.3) is 0 Å². The molecule has 8 nitrogen and oxygen atoms in total. The number of likely N-dealkylation sites (tertiary alicyclic amines) is 2. The molecule has 0 radical (unpaired) electrons. The highest BCUT2D eigenvalue weighted by molar-refractivity contribution is 6.53. The van der Waals surface area contributed by atoms with Crippen molar-refractivity contribution < 1.29 is 29.0 Å². The Balaban J connectivity index is 1.48. The maximum Gasteiger partial charge on any atom is 0.253 e. The maximum atomic E-state index is 13.9. The normalized spacial score (nSPS) is 33.6. The van der Waals surface area contributed by atoms with Gasteiger partial charge in [-0.2, -0.15) is 0 Å². The lowest BCUT2D eigenvalue weighted by molar-refractivity contribution is -0.141. The third-order valence-corrected chi connectivity index (χ3v) is 10.2. The summed E-state index contributed by atoms with van der Waals surface area (Å²) in [6, 6.07) is 13.9. The zero-order valence-electron chi connectivity index (χ0n) is 21.3. The molecular weight excluding hydrogens is 543 g/mol. The molecule has 2 aromatic carbocycles. The van der Waals surface area contributed by atoms with E-state index < -0.39 is 45.2 Å². The van der Waals surface area contributed by atoms with Crippen LogP contribution in [0.3, 0.4) is 0 Å². The third kappa shape index (κ3) is 3.37. The van der Waals surface area contributed by atoms with Crippen molar-refractivity contribution in [1.82, 2.24) is 9.80 Å². The minimum absolute atomic E-state index is 0.0726. The van der Waals surface area contributed by atoms with Crippen LogP contribution in [0.15, 0.2) is 60.2 Å². The van der Waals surface area contributed by atoms with Gasteiger partial charge in [-0.15, -0.1) is 23.2 Å². The monoisotopic (exact) mass is 568 g/mol. The highest BCUT2D eigenvalue weighted by atomic mass is 35.5. The number of alkyl halides is 2. The van der Waals surface area contributed by atoms with Crippen LogP contribution in [-0.4, -0.2) is 62.4 Å². The van der Waals surface area contributed by atoms with Crippen molar-refractivity contribution >= 4 is 46.8 Å². The lowest BCUT2D eigenvalue weighted by atomic mass is 9.56. The Labute approximate surface area is 235 Å². The van der Waals surface area contributed by atoms with Gasteiger partial charge in [0, 0.05) is 13.0 Å². The molecule has 4 aliphatic rings. The second-order valence-electron chi connectivity index (χ2n) is 10.7. The first-order valence-corrected chi connectivity index (χ1v) is 13.5. The molecular formula is C29H26Cl2N2O6. The van der Waals surface area contributed by atoms with Gasteiger partial charge in [0.1, 0.15) is 0 Å². The molecule has 6 unspecified atom stereocenters. The first-order valence-electron chi connectivity index (χ1n) is 12.7. The molecule has 6 atom stereocenters. The maximum absolute atomic E-state index is 13.9. The molecule has 202 valence electrons. The van der Waals surface area contributed by atoms with E-state index in [-0.39, 0.29) is 42.7 Å². The van der Waals surface area contributed by atoms with Gasteiger partial charge < -0.3 is 9.84 Å². The van der Waals surface area contributed by atoms with Crippen LogP contribution in [0.5, 0.6) is 11.5 Å². The number of rotatable bonds is 4. The first kappa shape index (κ1) is 25.9. The Morgan fingerprint density at radius 1 is 1.00 bits per heavy atom. The highest BCUT2D eigenvalue weighted by Gasteiger charge is 2.75. The number of fused-ring (bicyclic) bond motifs is 4. The van der Waals surface area contributed by atoms with E-state index in [1.165, 1.54) is 25.1 Å². The van der Waals surface area contributed by atoms with Crippen molar-refractivity contribution in [2.24, 2.45) is 17.8 Å². The standard InChI is InChI=1S/C29H26Cl2N2O6/c1-32-26(37)28(30)13-19-17(23(29(28,31)27(32)38)16-8-11-21(39-2)20(34)12-16)9-10-18-22(19)25(36)33(24(18)35)14-15-6-4-3-5-7-15/h3-9,11-12,18-19,22-23,34H,10,13-14H2,1-2H3. The Hall–Kier alpha value is -3.36. The minimum Gasteiger partial charge on any atom is -0.504 e. The number of carbonyl (C=O) groups is 4. The van der Waals surface area contributed by atoms with Gasteiger partial charge in [-0.25, -0.2) is 0 Å². The molecule has 2 aromatic rings. The van der Waals surface area contributed by atoms with Crippen LogP contribution in [0.1, 0.15) is 29.9 Å². The zero-order chi connectivity index (χ0) is 27.9. The van der Waals surface area contributed by atoms with E-state index in [4.69, 9.17) is 27.9 Å². The molecule has 2 aliphatic heterocycles. The number of nitrogens with zero attached hydrogens (tertiary/aromatic N) is 2. The van der Waals surface area contributed by atoms with Crippen molar-refractivity contribution in [2.75, 3.05) is 14.2 Å². The molecule has 0 bridgehead atoms. The van der Waals surface area contributed by atoms with Crippen molar-refractivity contribution in [1.29, 1.82) is 0 Å². The van der Waals surface area contributed by atoms with E-state index >= 15 is 0 Å². The lowest BCUT2D eigenvalue weighted by Gasteiger charge is -2.50. The average molecular weight is 569 g/mol. The van der Waals surface area contributed by atoms with Crippen LogP contribution < -0.4 is 4.74 Å². The molecule has 2 saturated heterocycles. The van der Waals surface area contributed by atoms with Gasteiger partial charge in [-0.05, 0) is 42.0 Å². The fraction of sp³-hybridized carbons (Fsp3) is 0.379. The summed E-state index contributed by atoms with van der Waals surface area (Å²) in [5.41, 5.74) is 1.95. The first-order chi connectivity index (χ1) is 18.5. The van der Waals surface area contributed by atoms with Gasteiger partial charge >= 0.3 is 0 Å². The number of phenols is 1. The number of halogens is 2. The molecule has 3 fully saturated rings. The third-order valence-electron chi connectivity index (χ3n) is 8.83. The highest BCUT2D eigenvalue weighted by Crippen LogP contribution is 2.65. The van der Waals surface area contributed by atoms with E-state index in [2.05, 4.69) is 0 Å². The predicted octanol–water partition coefficient (Wildman–Crippen LogP) is 3.59. The quantitative estimate of drug-likeness (QED) is 0.343. The predicted molar refractivity (Wildman–Crippen MR) is 142 cm³/mol. The molecule has 4 amide bonds. The fourth-order valence-corrected chi connectivity index (χ4v) is 8.01. The number of aromatic hydroxyl groups is 1. The Kier molecular flexibility index (Phi) is 5.86. The number of methoxy groups -OCH3 is 1. The summed E-state index contributed by atoms with van der Waals surface area (Å²) >= 11 is 14.3. The van der Waals surface area contributed by atoms with Gasteiger partial charge in [0.05, 0.1) is 25.5 Å². The molecule has 0 spiro atoms. The van der Waals surface area contributed by atoms with E-state index in [0.717, 1.165) is 10.5 Å². The number of amides is 4. The number of hydrogen-bond acceptors (Lipinski definition) is 6. The number of benzene rings is 2. The Morgan fingerprint density at radius 2 is 1.72 bits per heavy atom. The molecule has 39 heavy (non-hydrogen) atoms. The van der Waals surface area contributed by atoms with E-state index in [0.29, 0.717) is 11.1 Å². The molecule has 0 aromatic heterocycles. The summed E-state index contributed by atoms with van der Waals surface area (Å²) in [5.74, 6) is -4.72. The minimum atomic E-state index is -1.90. The van der Waals surface area contributed by atoms with Crippen LogP contribution >= 0.6 is 23.2 Å². The molecule has 1 N–H and O–H groups in total. The Bertz CT molecular complexity index is 1460. The lowest BCUT2D eigenvalue weighted by Crippen LogP contribution is -2.60. The number of allylic oxidation sites excluding steroid dienone is 2. The second kappa shape index (κ2) is 8.83. The summed E-state index contributed by atoms with van der Waals surface area (Å²) < 4.78 is 5.18. The van der Waals surface area contributed by atoms with Crippen molar-refractivity contribution in [3.05, 3.63) is 71.3 Å². The van der Waals surface area contributed by atoms with Crippen molar-refractivity contribution in [3.63, 3.8) is 0 Å². The van der Waals surface area contributed by atoms with Crippen molar-refractivity contribution in [3.8, 4) is 11.5 Å².